The minimum Gasteiger partial charge on any atom is -0.375 e. The molecule has 1 nitrogen and oxygen atoms in total. The molecule has 1 saturated carbocycles. The predicted molar refractivity (Wildman–Crippen MR) is 72.0 cm³/mol. The molecular weight excluding hydrogens is 206 g/mol. The van der Waals surface area contributed by atoms with Crippen LogP contribution in [-0.4, -0.2) is 5.54 Å². The van der Waals surface area contributed by atoms with Crippen LogP contribution < -0.4 is 5.32 Å². The first-order valence-corrected chi connectivity index (χ1v) is 6.99. The smallest absolute Gasteiger partial charge is 0.0591 e. The lowest BCUT2D eigenvalue weighted by molar-refractivity contribution is 0.545. The van der Waals surface area contributed by atoms with Gasteiger partial charge in [0.15, 0.2) is 0 Å². The van der Waals surface area contributed by atoms with Crippen molar-refractivity contribution in [2.45, 2.75) is 50.5 Å². The summed E-state index contributed by atoms with van der Waals surface area (Å²) in [4.78, 5) is 0. The van der Waals surface area contributed by atoms with Crippen molar-refractivity contribution in [3.8, 4) is 0 Å². The van der Waals surface area contributed by atoms with E-state index in [1.54, 1.807) is 11.1 Å². The summed E-state index contributed by atoms with van der Waals surface area (Å²) in [6, 6.07) is 8.90. The van der Waals surface area contributed by atoms with Gasteiger partial charge in [0.2, 0.25) is 0 Å². The minimum absolute atomic E-state index is 0.347. The van der Waals surface area contributed by atoms with Crippen LogP contribution in [0.2, 0.25) is 0 Å². The average Bonchev–Trinajstić information content (AvgIpc) is 2.99. The van der Waals surface area contributed by atoms with Crippen molar-refractivity contribution >= 4 is 11.3 Å². The van der Waals surface area contributed by atoms with Crippen LogP contribution in [-0.2, 0) is 0 Å². The van der Waals surface area contributed by atoms with Crippen molar-refractivity contribution in [3.63, 3.8) is 0 Å². The first-order chi connectivity index (χ1) is 8.39. The fourth-order valence-electron chi connectivity index (χ4n) is 4.16. The van der Waals surface area contributed by atoms with E-state index in [1.807, 2.05) is 0 Å². The summed E-state index contributed by atoms with van der Waals surface area (Å²) in [7, 11) is 0. The zero-order chi connectivity index (χ0) is 11.3. The Labute approximate surface area is 103 Å². The van der Waals surface area contributed by atoms with E-state index in [0.717, 1.165) is 0 Å². The number of hydrogen-bond donors (Lipinski definition) is 1. The quantitative estimate of drug-likeness (QED) is 0.691. The lowest BCUT2D eigenvalue weighted by atomic mass is 9.80. The number of nitrogens with one attached hydrogen (secondary N) is 1. The lowest BCUT2D eigenvalue weighted by Crippen LogP contribution is -2.39. The SMILES string of the molecule is c1ccc2c(c1)NC1(CCCC1)C1=C2CCC1. The molecule has 1 aromatic carbocycles. The first-order valence-electron chi connectivity index (χ1n) is 6.99. The standard InChI is InChI=1S/C16H19N/c1-2-9-15-13(6-1)12-7-5-8-14(12)16(17-15)10-3-4-11-16/h1-2,6,9,17H,3-5,7-8,10-11H2. The van der Waals surface area contributed by atoms with Crippen LogP contribution in [0.5, 0.6) is 0 Å². The molecule has 4 rings (SSSR count). The first kappa shape index (κ1) is 9.76. The van der Waals surface area contributed by atoms with Crippen molar-refractivity contribution in [3.05, 3.63) is 35.4 Å². The highest BCUT2D eigenvalue weighted by Crippen LogP contribution is 2.52. The molecule has 0 amide bonds. The van der Waals surface area contributed by atoms with E-state index < -0.39 is 0 Å². The molecule has 0 aromatic heterocycles. The largest absolute Gasteiger partial charge is 0.375 e. The molecule has 0 bridgehead atoms. The van der Waals surface area contributed by atoms with Crippen molar-refractivity contribution in [1.82, 2.24) is 0 Å². The second-order valence-corrected chi connectivity index (χ2v) is 5.77. The molecule has 0 unspecified atom stereocenters. The summed E-state index contributed by atoms with van der Waals surface area (Å²) in [5.74, 6) is 0. The van der Waals surface area contributed by atoms with Crippen LogP contribution in [0.3, 0.4) is 0 Å². The summed E-state index contributed by atoms with van der Waals surface area (Å²) in [5.41, 5.74) is 6.66. The molecule has 0 atom stereocenters. The van der Waals surface area contributed by atoms with Gasteiger partial charge in [-0.3, -0.25) is 0 Å². The van der Waals surface area contributed by atoms with Crippen molar-refractivity contribution in [1.29, 1.82) is 0 Å². The average molecular weight is 225 g/mol. The Morgan fingerprint density at radius 2 is 1.76 bits per heavy atom. The van der Waals surface area contributed by atoms with Gasteiger partial charge < -0.3 is 5.32 Å². The molecular formula is C16H19N. The maximum atomic E-state index is 3.89. The Morgan fingerprint density at radius 3 is 2.65 bits per heavy atom. The van der Waals surface area contributed by atoms with Crippen molar-refractivity contribution in [2.24, 2.45) is 0 Å². The van der Waals surface area contributed by atoms with Gasteiger partial charge >= 0.3 is 0 Å². The third-order valence-corrected chi connectivity index (χ3v) is 4.88. The van der Waals surface area contributed by atoms with E-state index in [9.17, 15) is 0 Å². The number of fused-ring (bicyclic) bond motifs is 3. The highest BCUT2D eigenvalue weighted by molar-refractivity contribution is 5.85. The second kappa shape index (κ2) is 3.38. The van der Waals surface area contributed by atoms with Gasteiger partial charge in [-0.15, -0.1) is 0 Å². The van der Waals surface area contributed by atoms with E-state index in [2.05, 4.69) is 29.6 Å². The van der Waals surface area contributed by atoms with E-state index in [-0.39, 0.29) is 0 Å². The fourth-order valence-corrected chi connectivity index (χ4v) is 4.16. The fraction of sp³-hybridized carbons (Fsp3) is 0.500. The molecule has 2 aliphatic carbocycles. The third-order valence-electron chi connectivity index (χ3n) is 4.88. The molecule has 0 saturated heterocycles. The molecule has 1 spiro atoms. The summed E-state index contributed by atoms with van der Waals surface area (Å²) in [6.07, 6.45) is 9.48. The highest BCUT2D eigenvalue weighted by atomic mass is 15.0. The third kappa shape index (κ3) is 1.25. The Morgan fingerprint density at radius 1 is 0.941 bits per heavy atom. The number of anilines is 1. The number of para-hydroxylation sites is 1. The second-order valence-electron chi connectivity index (χ2n) is 5.77. The van der Waals surface area contributed by atoms with Gasteiger partial charge in [0.1, 0.15) is 0 Å². The number of hydrogen-bond acceptors (Lipinski definition) is 1. The van der Waals surface area contributed by atoms with Crippen LogP contribution in [0.1, 0.15) is 50.5 Å². The molecule has 1 heteroatoms. The van der Waals surface area contributed by atoms with Gasteiger partial charge in [0.25, 0.3) is 0 Å². The molecule has 1 aliphatic heterocycles. The zero-order valence-corrected chi connectivity index (χ0v) is 10.3. The van der Waals surface area contributed by atoms with Crippen LogP contribution in [0.15, 0.2) is 29.8 Å². The monoisotopic (exact) mass is 225 g/mol. The normalized spacial score (nSPS) is 24.7. The minimum atomic E-state index is 0.347. The van der Waals surface area contributed by atoms with Gasteiger partial charge in [-0.2, -0.15) is 0 Å². The van der Waals surface area contributed by atoms with Crippen LogP contribution in [0, 0.1) is 0 Å². The number of benzene rings is 1. The molecule has 1 aromatic rings. The highest BCUT2D eigenvalue weighted by Gasteiger charge is 2.43. The molecule has 88 valence electrons. The Bertz CT molecular complexity index is 492. The molecule has 1 fully saturated rings. The summed E-state index contributed by atoms with van der Waals surface area (Å²) in [5, 5.41) is 3.89. The van der Waals surface area contributed by atoms with Gasteiger partial charge in [0.05, 0.1) is 5.54 Å². The Hall–Kier alpha value is -1.24. The zero-order valence-electron chi connectivity index (χ0n) is 10.3. The van der Waals surface area contributed by atoms with Crippen LogP contribution in [0.25, 0.3) is 5.57 Å². The van der Waals surface area contributed by atoms with Crippen molar-refractivity contribution in [2.75, 3.05) is 5.32 Å². The summed E-state index contributed by atoms with van der Waals surface area (Å²) >= 11 is 0. The Balaban J connectivity index is 1.92. The molecule has 1 heterocycles. The van der Waals surface area contributed by atoms with E-state index in [0.29, 0.717) is 5.54 Å². The number of rotatable bonds is 0. The summed E-state index contributed by atoms with van der Waals surface area (Å²) in [6.45, 7) is 0. The van der Waals surface area contributed by atoms with E-state index >= 15 is 0 Å². The number of allylic oxidation sites excluding steroid dienone is 1. The Kier molecular flexibility index (Phi) is 1.94. The maximum Gasteiger partial charge on any atom is 0.0591 e. The van der Waals surface area contributed by atoms with Crippen LogP contribution >= 0.6 is 0 Å². The van der Waals surface area contributed by atoms with Crippen LogP contribution in [0.4, 0.5) is 5.69 Å². The molecule has 0 radical (unpaired) electrons. The molecule has 1 N–H and O–H groups in total. The lowest BCUT2D eigenvalue weighted by Gasteiger charge is -2.39. The van der Waals surface area contributed by atoms with Gasteiger partial charge in [0, 0.05) is 11.3 Å². The summed E-state index contributed by atoms with van der Waals surface area (Å²) < 4.78 is 0. The van der Waals surface area contributed by atoms with Gasteiger partial charge in [-0.25, -0.2) is 0 Å². The predicted octanol–water partition coefficient (Wildman–Crippen LogP) is 4.36. The van der Waals surface area contributed by atoms with E-state index in [1.165, 1.54) is 56.2 Å². The van der Waals surface area contributed by atoms with Crippen molar-refractivity contribution < 1.29 is 0 Å². The molecule has 3 aliphatic rings. The topological polar surface area (TPSA) is 12.0 Å². The van der Waals surface area contributed by atoms with Gasteiger partial charge in [-0.1, -0.05) is 31.0 Å². The van der Waals surface area contributed by atoms with Gasteiger partial charge in [-0.05, 0) is 49.3 Å². The van der Waals surface area contributed by atoms with E-state index in [4.69, 9.17) is 0 Å². The molecule has 17 heavy (non-hydrogen) atoms. The maximum absolute atomic E-state index is 3.89.